The number of hydrogen-bond donors (Lipinski definition) is 1. The lowest BCUT2D eigenvalue weighted by molar-refractivity contribution is 0.0697. The average Bonchev–Trinajstić information content (AvgIpc) is 2.75. The van der Waals surface area contributed by atoms with Crippen LogP contribution in [-0.4, -0.2) is 26.1 Å². The first kappa shape index (κ1) is 13.3. The number of hydrogen-bond acceptors (Lipinski definition) is 3. The van der Waals surface area contributed by atoms with Crippen LogP contribution in [0.3, 0.4) is 0 Å². The van der Waals surface area contributed by atoms with Gasteiger partial charge in [-0.15, -0.1) is 5.10 Å². The lowest BCUT2D eigenvalue weighted by Gasteiger charge is -2.16. The molecule has 0 fully saturated rings. The van der Waals surface area contributed by atoms with E-state index in [2.05, 4.69) is 31.1 Å². The second kappa shape index (κ2) is 4.84. The Bertz CT molecular complexity index is 579. The molecular weight excluding hydrogens is 242 g/mol. The third-order valence-corrected chi connectivity index (χ3v) is 2.60. The zero-order chi connectivity index (χ0) is 14.0. The van der Waals surface area contributed by atoms with E-state index in [1.54, 1.807) is 28.9 Å². The van der Waals surface area contributed by atoms with Crippen molar-refractivity contribution >= 4 is 5.97 Å². The molecule has 0 bridgehead atoms. The van der Waals surface area contributed by atoms with Crippen LogP contribution in [0.1, 0.15) is 31.1 Å². The van der Waals surface area contributed by atoms with Gasteiger partial charge in [-0.25, -0.2) is 4.79 Å². The molecule has 0 unspecified atom stereocenters. The summed E-state index contributed by atoms with van der Waals surface area (Å²) in [5.74, 6) is -0.928. The van der Waals surface area contributed by atoms with Crippen LogP contribution in [0, 0.1) is 5.41 Å². The highest BCUT2D eigenvalue weighted by Crippen LogP contribution is 2.20. The van der Waals surface area contributed by atoms with Gasteiger partial charge in [0.1, 0.15) is 5.69 Å². The highest BCUT2D eigenvalue weighted by atomic mass is 16.4. The first-order valence-electron chi connectivity index (χ1n) is 6.09. The Hall–Kier alpha value is -2.17. The quantitative estimate of drug-likeness (QED) is 0.920. The molecule has 2 aromatic rings. The first-order valence-corrected chi connectivity index (χ1v) is 6.09. The Kier molecular flexibility index (Phi) is 3.38. The van der Waals surface area contributed by atoms with Gasteiger partial charge in [0.2, 0.25) is 0 Å². The molecule has 0 saturated carbocycles. The number of benzene rings is 1. The van der Waals surface area contributed by atoms with Crippen LogP contribution >= 0.6 is 0 Å². The monoisotopic (exact) mass is 259 g/mol. The summed E-state index contributed by atoms with van der Waals surface area (Å²) in [6.45, 7) is 7.19. The molecule has 5 heteroatoms. The van der Waals surface area contributed by atoms with Gasteiger partial charge >= 0.3 is 5.97 Å². The van der Waals surface area contributed by atoms with Gasteiger partial charge in [-0.2, -0.15) is 0 Å². The van der Waals surface area contributed by atoms with Gasteiger partial charge in [-0.1, -0.05) is 38.1 Å². The second-order valence-corrected chi connectivity index (χ2v) is 5.74. The topological polar surface area (TPSA) is 68.0 Å². The molecule has 1 aromatic carbocycles. The number of rotatable bonds is 3. The highest BCUT2D eigenvalue weighted by Gasteiger charge is 2.13. The number of carboxylic acids is 1. The van der Waals surface area contributed by atoms with E-state index in [1.165, 1.54) is 0 Å². The molecule has 1 heterocycles. The van der Waals surface area contributed by atoms with Crippen molar-refractivity contribution in [1.29, 1.82) is 0 Å². The Morgan fingerprint density at radius 2 is 1.89 bits per heavy atom. The molecule has 19 heavy (non-hydrogen) atoms. The summed E-state index contributed by atoms with van der Waals surface area (Å²) in [5, 5.41) is 17.0. The minimum Gasteiger partial charge on any atom is -0.478 e. The molecule has 0 radical (unpaired) electrons. The summed E-state index contributed by atoms with van der Waals surface area (Å²) >= 11 is 0. The second-order valence-electron chi connectivity index (χ2n) is 5.74. The zero-order valence-electron chi connectivity index (χ0n) is 11.3. The maximum absolute atomic E-state index is 10.8. The molecule has 1 aromatic heterocycles. The third kappa shape index (κ3) is 3.40. The van der Waals surface area contributed by atoms with E-state index in [0.717, 1.165) is 17.8 Å². The minimum atomic E-state index is -0.928. The van der Waals surface area contributed by atoms with Crippen LogP contribution in [0.2, 0.25) is 0 Å². The molecule has 5 nitrogen and oxygen atoms in total. The molecular formula is C14H17N3O2. The maximum Gasteiger partial charge on any atom is 0.335 e. The number of aromatic nitrogens is 3. The molecule has 0 aliphatic rings. The van der Waals surface area contributed by atoms with Crippen molar-refractivity contribution in [2.75, 3.05) is 0 Å². The van der Waals surface area contributed by atoms with Crippen LogP contribution in [0.5, 0.6) is 0 Å². The third-order valence-electron chi connectivity index (χ3n) is 2.60. The van der Waals surface area contributed by atoms with E-state index in [4.69, 9.17) is 5.11 Å². The Morgan fingerprint density at radius 1 is 1.26 bits per heavy atom. The molecule has 2 rings (SSSR count). The van der Waals surface area contributed by atoms with Crippen LogP contribution in [-0.2, 0) is 6.54 Å². The SMILES string of the molecule is CC(C)(C)Cn1cc(-c2ccc(C(=O)O)cc2)nn1. The van der Waals surface area contributed by atoms with Crippen molar-refractivity contribution < 1.29 is 9.90 Å². The van der Waals surface area contributed by atoms with Crippen LogP contribution in [0.25, 0.3) is 11.3 Å². The largest absolute Gasteiger partial charge is 0.478 e. The van der Waals surface area contributed by atoms with Crippen LogP contribution in [0.15, 0.2) is 30.5 Å². The minimum absolute atomic E-state index is 0.137. The number of nitrogens with zero attached hydrogens (tertiary/aromatic N) is 3. The molecule has 0 amide bonds. The van der Waals surface area contributed by atoms with Gasteiger partial charge < -0.3 is 5.11 Å². The molecule has 100 valence electrons. The summed E-state index contributed by atoms with van der Waals surface area (Å²) in [6.07, 6.45) is 1.88. The first-order chi connectivity index (χ1) is 8.85. The number of carboxylic acid groups (broad SMARTS) is 1. The Morgan fingerprint density at radius 3 is 2.42 bits per heavy atom. The number of aromatic carboxylic acids is 1. The van der Waals surface area contributed by atoms with Crippen LogP contribution in [0.4, 0.5) is 0 Å². The predicted octanol–water partition coefficient (Wildman–Crippen LogP) is 2.69. The van der Waals surface area contributed by atoms with Crippen LogP contribution < -0.4 is 0 Å². The standard InChI is InChI=1S/C14H17N3O2/c1-14(2,3)9-17-8-12(15-16-17)10-4-6-11(7-5-10)13(18)19/h4-8H,9H2,1-3H3,(H,18,19). The van der Waals surface area contributed by atoms with E-state index in [0.29, 0.717) is 0 Å². The zero-order valence-corrected chi connectivity index (χ0v) is 11.3. The van der Waals surface area contributed by atoms with E-state index in [9.17, 15) is 4.79 Å². The van der Waals surface area contributed by atoms with Gasteiger partial charge in [-0.05, 0) is 17.5 Å². The summed E-state index contributed by atoms with van der Waals surface area (Å²) in [4.78, 5) is 10.8. The van der Waals surface area contributed by atoms with Crippen molar-refractivity contribution in [3.05, 3.63) is 36.0 Å². The summed E-state index contributed by atoms with van der Waals surface area (Å²) in [7, 11) is 0. The lowest BCUT2D eigenvalue weighted by Crippen LogP contribution is -2.15. The fourth-order valence-corrected chi connectivity index (χ4v) is 1.78. The van der Waals surface area contributed by atoms with Gasteiger partial charge in [0.25, 0.3) is 0 Å². The molecule has 0 atom stereocenters. The Labute approximate surface area is 111 Å². The smallest absolute Gasteiger partial charge is 0.335 e. The summed E-state index contributed by atoms with van der Waals surface area (Å²) in [6, 6.07) is 6.63. The van der Waals surface area contributed by atoms with Gasteiger partial charge in [-0.3, -0.25) is 4.68 Å². The maximum atomic E-state index is 10.8. The summed E-state index contributed by atoms with van der Waals surface area (Å²) in [5.41, 5.74) is 2.02. The van der Waals surface area contributed by atoms with Crippen molar-refractivity contribution in [1.82, 2.24) is 15.0 Å². The van der Waals surface area contributed by atoms with Crippen molar-refractivity contribution in [2.24, 2.45) is 5.41 Å². The molecule has 0 aliphatic carbocycles. The van der Waals surface area contributed by atoms with Gasteiger partial charge in [0.15, 0.2) is 0 Å². The lowest BCUT2D eigenvalue weighted by atomic mass is 9.97. The fourth-order valence-electron chi connectivity index (χ4n) is 1.78. The number of carbonyl (C=O) groups is 1. The van der Waals surface area contributed by atoms with E-state index < -0.39 is 5.97 Å². The van der Waals surface area contributed by atoms with Crippen molar-refractivity contribution in [3.8, 4) is 11.3 Å². The average molecular weight is 259 g/mol. The summed E-state index contributed by atoms with van der Waals surface area (Å²) < 4.78 is 1.81. The van der Waals surface area contributed by atoms with Crippen molar-refractivity contribution in [3.63, 3.8) is 0 Å². The molecule has 0 aliphatic heterocycles. The molecule has 1 N–H and O–H groups in total. The van der Waals surface area contributed by atoms with E-state index in [-0.39, 0.29) is 11.0 Å². The predicted molar refractivity (Wildman–Crippen MR) is 71.9 cm³/mol. The molecule has 0 spiro atoms. The van der Waals surface area contributed by atoms with E-state index >= 15 is 0 Å². The van der Waals surface area contributed by atoms with E-state index in [1.807, 2.05) is 6.20 Å². The molecule has 0 saturated heterocycles. The van der Waals surface area contributed by atoms with Gasteiger partial charge in [0, 0.05) is 12.1 Å². The van der Waals surface area contributed by atoms with Crippen molar-refractivity contribution in [2.45, 2.75) is 27.3 Å². The normalized spacial score (nSPS) is 11.5. The van der Waals surface area contributed by atoms with Gasteiger partial charge in [0.05, 0.1) is 11.8 Å². The fraction of sp³-hybridized carbons (Fsp3) is 0.357. The Balaban J connectivity index is 2.20. The highest BCUT2D eigenvalue weighted by molar-refractivity contribution is 5.88.